The molecule has 26 heavy (non-hydrogen) atoms. The SMILES string of the molecule is COC(=O)c1c(NC(=O)COC(=O)Cc2ccc(F)cc2)sc(C)c1C. The molecule has 1 aromatic carbocycles. The largest absolute Gasteiger partial charge is 0.465 e. The summed E-state index contributed by atoms with van der Waals surface area (Å²) in [6.45, 7) is 3.10. The minimum absolute atomic E-state index is 0.0712. The summed E-state index contributed by atoms with van der Waals surface area (Å²) in [6.07, 6.45) is -0.0712. The molecule has 0 saturated carbocycles. The highest BCUT2D eigenvalue weighted by Crippen LogP contribution is 2.32. The molecule has 1 heterocycles. The molecule has 1 aromatic heterocycles. The number of hydrogen-bond donors (Lipinski definition) is 1. The molecular weight excluding hydrogens is 361 g/mol. The molecule has 0 radical (unpaired) electrons. The first-order valence-electron chi connectivity index (χ1n) is 7.70. The Hall–Kier alpha value is -2.74. The molecule has 6 nitrogen and oxygen atoms in total. The summed E-state index contributed by atoms with van der Waals surface area (Å²) in [5, 5.41) is 2.92. The second-order valence-electron chi connectivity index (χ2n) is 5.49. The summed E-state index contributed by atoms with van der Waals surface area (Å²) in [6, 6.07) is 5.42. The number of esters is 2. The van der Waals surface area contributed by atoms with E-state index >= 15 is 0 Å². The van der Waals surface area contributed by atoms with Gasteiger partial charge in [-0.3, -0.25) is 9.59 Å². The quantitative estimate of drug-likeness (QED) is 0.781. The number of thiophene rings is 1. The molecule has 0 aliphatic heterocycles. The van der Waals surface area contributed by atoms with Crippen molar-refractivity contribution >= 4 is 34.2 Å². The van der Waals surface area contributed by atoms with Crippen LogP contribution in [-0.2, 0) is 25.5 Å². The highest BCUT2D eigenvalue weighted by Gasteiger charge is 2.22. The first-order chi connectivity index (χ1) is 12.3. The molecule has 8 heteroatoms. The van der Waals surface area contributed by atoms with Crippen LogP contribution in [0.2, 0.25) is 0 Å². The van der Waals surface area contributed by atoms with E-state index < -0.39 is 30.3 Å². The highest BCUT2D eigenvalue weighted by atomic mass is 32.1. The number of rotatable bonds is 6. The second kappa shape index (κ2) is 8.57. The van der Waals surface area contributed by atoms with Crippen LogP contribution in [0.25, 0.3) is 0 Å². The third kappa shape index (κ3) is 4.89. The standard InChI is InChI=1S/C18H18FNO5S/c1-10-11(2)26-17(16(10)18(23)24-3)20-14(21)9-25-15(22)8-12-4-6-13(19)7-5-12/h4-7H,8-9H2,1-3H3,(H,20,21). The summed E-state index contributed by atoms with van der Waals surface area (Å²) < 4.78 is 22.5. The van der Waals surface area contributed by atoms with E-state index in [1.807, 2.05) is 6.92 Å². The van der Waals surface area contributed by atoms with E-state index in [0.717, 1.165) is 10.4 Å². The number of amides is 1. The molecule has 0 atom stereocenters. The maximum Gasteiger partial charge on any atom is 0.341 e. The summed E-state index contributed by atoms with van der Waals surface area (Å²) >= 11 is 1.24. The van der Waals surface area contributed by atoms with Crippen molar-refractivity contribution in [1.29, 1.82) is 0 Å². The summed E-state index contributed by atoms with van der Waals surface area (Å²) in [5.74, 6) is -2.12. The van der Waals surface area contributed by atoms with Crippen LogP contribution >= 0.6 is 11.3 Å². The Kier molecular flexibility index (Phi) is 6.46. The third-order valence-corrected chi connectivity index (χ3v) is 4.78. The molecule has 0 unspecified atom stereocenters. The Balaban J connectivity index is 1.93. The maximum absolute atomic E-state index is 12.8. The van der Waals surface area contributed by atoms with Gasteiger partial charge in [0.15, 0.2) is 6.61 Å². The molecule has 138 valence electrons. The summed E-state index contributed by atoms with van der Waals surface area (Å²) in [4.78, 5) is 36.5. The molecule has 0 saturated heterocycles. The number of ether oxygens (including phenoxy) is 2. The topological polar surface area (TPSA) is 81.7 Å². The minimum atomic E-state index is -0.613. The van der Waals surface area contributed by atoms with Crippen molar-refractivity contribution in [2.45, 2.75) is 20.3 Å². The summed E-state index contributed by atoms with van der Waals surface area (Å²) in [5.41, 5.74) is 1.60. The van der Waals surface area contributed by atoms with Crippen LogP contribution in [0.5, 0.6) is 0 Å². The summed E-state index contributed by atoms with van der Waals surface area (Å²) in [7, 11) is 1.26. The van der Waals surface area contributed by atoms with Gasteiger partial charge in [-0.05, 0) is 37.1 Å². The molecule has 0 bridgehead atoms. The van der Waals surface area contributed by atoms with Gasteiger partial charge in [-0.1, -0.05) is 12.1 Å². The fraction of sp³-hybridized carbons (Fsp3) is 0.278. The predicted molar refractivity (Wildman–Crippen MR) is 94.8 cm³/mol. The number of aryl methyl sites for hydroxylation is 1. The highest BCUT2D eigenvalue weighted by molar-refractivity contribution is 7.16. The molecule has 1 amide bonds. The van der Waals surface area contributed by atoms with Crippen LogP contribution in [0, 0.1) is 19.7 Å². The molecular formula is C18H18FNO5S. The van der Waals surface area contributed by atoms with E-state index in [-0.39, 0.29) is 6.42 Å². The molecule has 0 fully saturated rings. The molecule has 2 aromatic rings. The van der Waals surface area contributed by atoms with Crippen molar-refractivity contribution in [3.05, 3.63) is 51.7 Å². The average molecular weight is 379 g/mol. The van der Waals surface area contributed by atoms with Gasteiger partial charge in [0.05, 0.1) is 19.1 Å². The Morgan fingerprint density at radius 1 is 1.15 bits per heavy atom. The molecule has 0 aliphatic carbocycles. The van der Waals surface area contributed by atoms with E-state index in [9.17, 15) is 18.8 Å². The Bertz CT molecular complexity index is 829. The number of hydrogen-bond acceptors (Lipinski definition) is 6. The van der Waals surface area contributed by atoms with Crippen LogP contribution in [0.15, 0.2) is 24.3 Å². The number of carbonyl (C=O) groups excluding carboxylic acids is 3. The Morgan fingerprint density at radius 3 is 2.42 bits per heavy atom. The average Bonchev–Trinajstić information content (AvgIpc) is 2.88. The predicted octanol–water partition coefficient (Wildman–Crippen LogP) is 3.02. The van der Waals surface area contributed by atoms with Gasteiger partial charge in [0.25, 0.3) is 5.91 Å². The van der Waals surface area contributed by atoms with Crippen molar-refractivity contribution < 1.29 is 28.2 Å². The smallest absolute Gasteiger partial charge is 0.341 e. The van der Waals surface area contributed by atoms with Gasteiger partial charge < -0.3 is 14.8 Å². The van der Waals surface area contributed by atoms with Crippen molar-refractivity contribution in [2.24, 2.45) is 0 Å². The van der Waals surface area contributed by atoms with Crippen LogP contribution < -0.4 is 5.32 Å². The van der Waals surface area contributed by atoms with E-state index in [2.05, 4.69) is 5.32 Å². The lowest BCUT2D eigenvalue weighted by Crippen LogP contribution is -2.22. The van der Waals surface area contributed by atoms with Crippen molar-refractivity contribution in [3.63, 3.8) is 0 Å². The van der Waals surface area contributed by atoms with Crippen LogP contribution in [0.3, 0.4) is 0 Å². The van der Waals surface area contributed by atoms with Gasteiger partial charge >= 0.3 is 11.9 Å². The van der Waals surface area contributed by atoms with Crippen molar-refractivity contribution in [1.82, 2.24) is 0 Å². The second-order valence-corrected chi connectivity index (χ2v) is 6.72. The van der Waals surface area contributed by atoms with Crippen LogP contribution in [0.1, 0.15) is 26.4 Å². The number of anilines is 1. The molecule has 1 N–H and O–H groups in total. The van der Waals surface area contributed by atoms with Gasteiger partial charge in [-0.25, -0.2) is 9.18 Å². The first kappa shape index (κ1) is 19.6. The van der Waals surface area contributed by atoms with Crippen molar-refractivity contribution in [2.75, 3.05) is 19.0 Å². The van der Waals surface area contributed by atoms with Gasteiger partial charge in [0, 0.05) is 4.88 Å². The van der Waals surface area contributed by atoms with E-state index in [0.29, 0.717) is 16.1 Å². The zero-order chi connectivity index (χ0) is 19.3. The van der Waals surface area contributed by atoms with E-state index in [4.69, 9.17) is 9.47 Å². The van der Waals surface area contributed by atoms with Gasteiger partial charge in [0.1, 0.15) is 10.8 Å². The number of halogens is 1. The lowest BCUT2D eigenvalue weighted by molar-refractivity contribution is -0.146. The van der Waals surface area contributed by atoms with E-state index in [1.54, 1.807) is 6.92 Å². The number of methoxy groups -OCH3 is 1. The lowest BCUT2D eigenvalue weighted by Gasteiger charge is -2.07. The lowest BCUT2D eigenvalue weighted by atomic mass is 10.1. The molecule has 0 spiro atoms. The Morgan fingerprint density at radius 2 is 1.81 bits per heavy atom. The maximum atomic E-state index is 12.8. The minimum Gasteiger partial charge on any atom is -0.465 e. The fourth-order valence-electron chi connectivity index (χ4n) is 2.19. The van der Waals surface area contributed by atoms with Gasteiger partial charge in [-0.2, -0.15) is 0 Å². The molecule has 2 rings (SSSR count). The Labute approximate surface area is 153 Å². The third-order valence-electron chi connectivity index (χ3n) is 3.65. The van der Waals surface area contributed by atoms with Crippen LogP contribution in [0.4, 0.5) is 9.39 Å². The zero-order valence-corrected chi connectivity index (χ0v) is 15.4. The van der Waals surface area contributed by atoms with Crippen molar-refractivity contribution in [3.8, 4) is 0 Å². The number of nitrogens with one attached hydrogen (secondary N) is 1. The normalized spacial score (nSPS) is 10.3. The van der Waals surface area contributed by atoms with Gasteiger partial charge in [0.2, 0.25) is 0 Å². The molecule has 0 aliphatic rings. The number of carbonyl (C=O) groups is 3. The zero-order valence-electron chi connectivity index (χ0n) is 14.6. The van der Waals surface area contributed by atoms with Gasteiger partial charge in [-0.15, -0.1) is 11.3 Å². The fourth-order valence-corrected chi connectivity index (χ4v) is 3.26. The first-order valence-corrected chi connectivity index (χ1v) is 8.51. The monoisotopic (exact) mass is 379 g/mol. The van der Waals surface area contributed by atoms with Crippen LogP contribution in [-0.4, -0.2) is 31.6 Å². The van der Waals surface area contributed by atoms with E-state index in [1.165, 1.54) is 42.7 Å². The number of benzene rings is 1.